The van der Waals surface area contributed by atoms with Crippen LogP contribution >= 0.6 is 0 Å². The largest absolute Gasteiger partial charge is 0.358 e. The molecule has 0 spiro atoms. The third-order valence-corrected chi connectivity index (χ3v) is 6.43. The first kappa shape index (κ1) is 24.9. The highest BCUT2D eigenvalue weighted by Gasteiger charge is 2.14. The van der Waals surface area contributed by atoms with Gasteiger partial charge in [-0.1, -0.05) is 44.7 Å². The van der Waals surface area contributed by atoms with E-state index in [0.717, 1.165) is 80.2 Å². The highest BCUT2D eigenvalue weighted by atomic mass is 15.1. The number of benzene rings is 1. The minimum Gasteiger partial charge on any atom is -0.358 e. The maximum atomic E-state index is 4.96. The number of H-pyrrole nitrogens is 2. The SMILES string of the molecule is C=C(CCCC)Nc1cncc(C(=C)/C=c2/c(-c3nc4c(-c5ccncc5)cccc4[nH]3)n[nH]/c2=C/C)c1. The molecule has 0 fully saturated rings. The first-order chi connectivity index (χ1) is 18.6. The molecule has 4 heterocycles. The van der Waals surface area contributed by atoms with Gasteiger partial charge in [0.1, 0.15) is 5.69 Å². The minimum atomic E-state index is 0.686. The second-order valence-electron chi connectivity index (χ2n) is 9.18. The van der Waals surface area contributed by atoms with Gasteiger partial charge in [-0.05, 0) is 61.2 Å². The number of hydrogen-bond donors (Lipinski definition) is 3. The number of aromatic nitrogens is 6. The monoisotopic (exact) mass is 501 g/mol. The summed E-state index contributed by atoms with van der Waals surface area (Å²) in [5.41, 5.74) is 8.27. The van der Waals surface area contributed by atoms with Gasteiger partial charge in [-0.25, -0.2) is 4.98 Å². The van der Waals surface area contributed by atoms with Gasteiger partial charge < -0.3 is 10.3 Å². The van der Waals surface area contributed by atoms with Crippen LogP contribution in [0.4, 0.5) is 5.69 Å². The lowest BCUT2D eigenvalue weighted by Gasteiger charge is -2.10. The van der Waals surface area contributed by atoms with E-state index in [1.54, 1.807) is 18.6 Å². The van der Waals surface area contributed by atoms with Crippen molar-refractivity contribution in [3.8, 4) is 22.6 Å². The molecule has 190 valence electrons. The van der Waals surface area contributed by atoms with E-state index in [1.165, 1.54) is 0 Å². The summed E-state index contributed by atoms with van der Waals surface area (Å²) < 4.78 is 0. The molecule has 0 aliphatic carbocycles. The molecule has 7 nitrogen and oxygen atoms in total. The summed E-state index contributed by atoms with van der Waals surface area (Å²) in [6.07, 6.45) is 14.4. The predicted molar refractivity (Wildman–Crippen MR) is 156 cm³/mol. The first-order valence-corrected chi connectivity index (χ1v) is 12.8. The maximum Gasteiger partial charge on any atom is 0.159 e. The zero-order valence-corrected chi connectivity index (χ0v) is 21.8. The van der Waals surface area contributed by atoms with E-state index in [0.29, 0.717) is 5.82 Å². The minimum absolute atomic E-state index is 0.686. The highest BCUT2D eigenvalue weighted by Crippen LogP contribution is 2.28. The van der Waals surface area contributed by atoms with Crippen LogP contribution in [0.5, 0.6) is 0 Å². The van der Waals surface area contributed by atoms with E-state index >= 15 is 0 Å². The molecule has 1 aromatic carbocycles. The Morgan fingerprint density at radius 1 is 1.08 bits per heavy atom. The number of anilines is 1. The van der Waals surface area contributed by atoms with Crippen LogP contribution in [0, 0.1) is 0 Å². The smallest absolute Gasteiger partial charge is 0.159 e. The van der Waals surface area contributed by atoms with Crippen molar-refractivity contribution in [2.24, 2.45) is 0 Å². The standard InChI is InChI=1S/C31H31N7/c1-5-7-9-21(4)34-24-17-23(18-33-19-24)20(3)16-26-27(6-2)37-38-30(26)31-35-28-11-8-10-25(29(28)36-31)22-12-14-32-15-13-22/h6,8,10-19,34,37H,3-5,7,9H2,1-2H3,(H,35,36)/b26-16+,27-6+. The summed E-state index contributed by atoms with van der Waals surface area (Å²) >= 11 is 0. The topological polar surface area (TPSA) is 95.2 Å². The van der Waals surface area contributed by atoms with Crippen LogP contribution in [0.15, 0.2) is 80.0 Å². The van der Waals surface area contributed by atoms with Crippen molar-refractivity contribution >= 4 is 34.4 Å². The van der Waals surface area contributed by atoms with E-state index in [9.17, 15) is 0 Å². The van der Waals surface area contributed by atoms with Crippen LogP contribution in [0.3, 0.4) is 0 Å². The van der Waals surface area contributed by atoms with Gasteiger partial charge in [0.25, 0.3) is 0 Å². The van der Waals surface area contributed by atoms with Crippen molar-refractivity contribution in [3.05, 3.63) is 96.2 Å². The number of rotatable bonds is 9. The molecule has 0 aliphatic rings. The number of para-hydroxylation sites is 1. The van der Waals surface area contributed by atoms with E-state index in [1.807, 2.05) is 55.6 Å². The molecule has 0 aliphatic heterocycles. The predicted octanol–water partition coefficient (Wildman–Crippen LogP) is 5.82. The summed E-state index contributed by atoms with van der Waals surface area (Å²) in [7, 11) is 0. The summed E-state index contributed by atoms with van der Waals surface area (Å²) in [5, 5.41) is 12.9. The summed E-state index contributed by atoms with van der Waals surface area (Å²) in [6, 6.07) is 12.1. The van der Waals surface area contributed by atoms with E-state index < -0.39 is 0 Å². The van der Waals surface area contributed by atoms with Crippen molar-refractivity contribution in [2.45, 2.75) is 33.1 Å². The molecule has 0 saturated carbocycles. The number of imidazole rings is 1. The Kier molecular flexibility index (Phi) is 7.26. The Hall–Kier alpha value is -4.78. The van der Waals surface area contributed by atoms with Crippen molar-refractivity contribution < 1.29 is 0 Å². The molecule has 7 heteroatoms. The third-order valence-electron chi connectivity index (χ3n) is 6.43. The fourth-order valence-electron chi connectivity index (χ4n) is 4.42. The quantitative estimate of drug-likeness (QED) is 0.237. The molecule has 3 N–H and O–H groups in total. The van der Waals surface area contributed by atoms with Gasteiger partial charge in [-0.15, -0.1) is 0 Å². The molecule has 0 bridgehead atoms. The molecular formula is C31H31N7. The van der Waals surface area contributed by atoms with Crippen LogP contribution in [-0.4, -0.2) is 30.1 Å². The molecule has 38 heavy (non-hydrogen) atoms. The molecule has 0 saturated heterocycles. The average Bonchev–Trinajstić information content (AvgIpc) is 3.56. The van der Waals surface area contributed by atoms with E-state index in [2.05, 4.69) is 56.6 Å². The van der Waals surface area contributed by atoms with Crippen LogP contribution < -0.4 is 15.9 Å². The maximum absolute atomic E-state index is 4.96. The van der Waals surface area contributed by atoms with E-state index in [-0.39, 0.29) is 0 Å². The Morgan fingerprint density at radius 3 is 2.71 bits per heavy atom. The lowest BCUT2D eigenvalue weighted by molar-refractivity contribution is 0.791. The van der Waals surface area contributed by atoms with Gasteiger partial charge in [-0.2, -0.15) is 5.10 Å². The zero-order valence-electron chi connectivity index (χ0n) is 21.8. The number of hydrogen-bond acceptors (Lipinski definition) is 5. The molecule has 5 aromatic rings. The Labute approximate surface area is 221 Å². The first-order valence-electron chi connectivity index (χ1n) is 12.8. The van der Waals surface area contributed by atoms with Crippen molar-refractivity contribution in [1.29, 1.82) is 0 Å². The third kappa shape index (κ3) is 5.18. The number of pyridine rings is 2. The normalized spacial score (nSPS) is 12.3. The van der Waals surface area contributed by atoms with Gasteiger partial charge >= 0.3 is 0 Å². The fourth-order valence-corrected chi connectivity index (χ4v) is 4.42. The number of nitrogens with one attached hydrogen (secondary N) is 3. The number of aromatic amines is 2. The van der Waals surface area contributed by atoms with Gasteiger partial charge in [0.05, 0.1) is 28.3 Å². The van der Waals surface area contributed by atoms with Gasteiger partial charge in [0, 0.05) is 40.6 Å². The Bertz CT molecular complexity index is 1730. The molecular weight excluding hydrogens is 470 g/mol. The molecule has 0 atom stereocenters. The zero-order chi connectivity index (χ0) is 26.5. The van der Waals surface area contributed by atoms with Crippen molar-refractivity contribution in [1.82, 2.24) is 30.1 Å². The van der Waals surface area contributed by atoms with Crippen LogP contribution in [-0.2, 0) is 0 Å². The summed E-state index contributed by atoms with van der Waals surface area (Å²) in [4.78, 5) is 17.0. The van der Waals surface area contributed by atoms with Crippen LogP contribution in [0.25, 0.3) is 51.4 Å². The number of allylic oxidation sites excluding steroid dienone is 2. The van der Waals surface area contributed by atoms with Gasteiger partial charge in [-0.3, -0.25) is 15.1 Å². The molecule has 4 aromatic heterocycles. The van der Waals surface area contributed by atoms with Gasteiger partial charge in [0.15, 0.2) is 5.82 Å². The molecule has 0 radical (unpaired) electrons. The second kappa shape index (κ2) is 11.1. The molecule has 5 rings (SSSR count). The summed E-state index contributed by atoms with van der Waals surface area (Å²) in [6.45, 7) is 12.6. The number of nitrogens with zero attached hydrogens (tertiary/aromatic N) is 4. The molecule has 0 amide bonds. The van der Waals surface area contributed by atoms with Gasteiger partial charge in [0.2, 0.25) is 0 Å². The average molecular weight is 502 g/mol. The Balaban J connectivity index is 1.52. The van der Waals surface area contributed by atoms with Crippen molar-refractivity contribution in [3.63, 3.8) is 0 Å². The number of fused-ring (bicyclic) bond motifs is 1. The number of unbranched alkanes of at least 4 members (excludes halogenated alkanes) is 1. The Morgan fingerprint density at radius 2 is 1.92 bits per heavy atom. The highest BCUT2D eigenvalue weighted by molar-refractivity contribution is 5.94. The second-order valence-corrected chi connectivity index (χ2v) is 9.18. The van der Waals surface area contributed by atoms with Crippen molar-refractivity contribution in [2.75, 3.05) is 5.32 Å². The van der Waals surface area contributed by atoms with Crippen LogP contribution in [0.2, 0.25) is 0 Å². The molecule has 0 unspecified atom stereocenters. The summed E-state index contributed by atoms with van der Waals surface area (Å²) in [5.74, 6) is 0.686. The fraction of sp³-hybridized carbons (Fsp3) is 0.161. The van der Waals surface area contributed by atoms with E-state index in [4.69, 9.17) is 4.98 Å². The van der Waals surface area contributed by atoms with Crippen LogP contribution in [0.1, 0.15) is 38.7 Å². The lowest BCUT2D eigenvalue weighted by Crippen LogP contribution is -2.23. The lowest BCUT2D eigenvalue weighted by atomic mass is 10.1.